The molecule has 0 radical (unpaired) electrons. The monoisotopic (exact) mass is 292 g/mol. The first kappa shape index (κ1) is 18.9. The van der Waals surface area contributed by atoms with Crippen LogP contribution in [0.4, 0.5) is 0 Å². The molecule has 0 aromatic heterocycles. The molecule has 0 fully saturated rings. The van der Waals surface area contributed by atoms with Crippen molar-refractivity contribution in [1.82, 2.24) is 0 Å². The van der Waals surface area contributed by atoms with Crippen LogP contribution in [0, 0.1) is 0 Å². The van der Waals surface area contributed by atoms with Gasteiger partial charge in [-0.1, -0.05) is 0 Å². The zero-order valence-electron chi connectivity index (χ0n) is 7.09. The molecular formula is C10H12Cl2Zr. The van der Waals surface area contributed by atoms with Crippen molar-refractivity contribution >= 4 is 24.8 Å². The number of halogens is 2. The Kier molecular flexibility index (Phi) is 21.3. The van der Waals surface area contributed by atoms with Gasteiger partial charge in [0.1, 0.15) is 0 Å². The first-order valence-corrected chi connectivity index (χ1v) is 3.33. The largest absolute Gasteiger partial charge is 2.00 e. The van der Waals surface area contributed by atoms with E-state index in [1.54, 1.807) is 0 Å². The van der Waals surface area contributed by atoms with Gasteiger partial charge in [-0.15, -0.1) is 24.8 Å². The Morgan fingerprint density at radius 2 is 0.769 bits per heavy atom. The maximum atomic E-state index is 2.00. The van der Waals surface area contributed by atoms with Crippen LogP contribution < -0.4 is 0 Å². The van der Waals surface area contributed by atoms with Gasteiger partial charge in [-0.2, -0.15) is 36.4 Å². The van der Waals surface area contributed by atoms with Gasteiger partial charge in [-0.05, 0) is 0 Å². The van der Waals surface area contributed by atoms with Crippen LogP contribution in [0.1, 0.15) is 0 Å². The van der Waals surface area contributed by atoms with Gasteiger partial charge in [0.05, 0.1) is 0 Å². The second-order valence-electron chi connectivity index (χ2n) is 1.92. The van der Waals surface area contributed by atoms with Crippen LogP contribution in [0.2, 0.25) is 0 Å². The molecule has 3 heteroatoms. The summed E-state index contributed by atoms with van der Waals surface area (Å²) in [6, 6.07) is 20.0. The molecule has 2 aromatic carbocycles. The van der Waals surface area contributed by atoms with Crippen LogP contribution in [0.15, 0.2) is 60.7 Å². The van der Waals surface area contributed by atoms with Gasteiger partial charge in [0.25, 0.3) is 0 Å². The normalized spacial score (nSPS) is 6.15. The van der Waals surface area contributed by atoms with E-state index >= 15 is 0 Å². The number of hydrogen-bond donors (Lipinski definition) is 0. The molecule has 0 atom stereocenters. The maximum absolute atomic E-state index is 2.00. The summed E-state index contributed by atoms with van der Waals surface area (Å²) < 4.78 is 0. The summed E-state index contributed by atoms with van der Waals surface area (Å²) in [5, 5.41) is 0. The maximum Gasteiger partial charge on any atom is 2.00 e. The van der Waals surface area contributed by atoms with E-state index in [-0.39, 0.29) is 51.0 Å². The Labute approximate surface area is 111 Å². The summed E-state index contributed by atoms with van der Waals surface area (Å²) in [6.07, 6.45) is 0. The fraction of sp³-hybridized carbons (Fsp3) is 0. The summed E-state index contributed by atoms with van der Waals surface area (Å²) in [7, 11) is 0. The van der Waals surface area contributed by atoms with E-state index < -0.39 is 0 Å². The van der Waals surface area contributed by atoms with Crippen molar-refractivity contribution in [3.63, 3.8) is 0 Å². The molecule has 0 aliphatic carbocycles. The molecule has 0 nitrogen and oxygen atoms in total. The van der Waals surface area contributed by atoms with E-state index in [0.29, 0.717) is 0 Å². The average molecular weight is 294 g/mol. The van der Waals surface area contributed by atoms with Crippen LogP contribution >= 0.6 is 24.8 Å². The molecule has 0 bridgehead atoms. The molecule has 70 valence electrons. The van der Waals surface area contributed by atoms with Crippen LogP contribution in [0.25, 0.3) is 0 Å². The van der Waals surface area contributed by atoms with Gasteiger partial charge in [0.15, 0.2) is 0 Å². The van der Waals surface area contributed by atoms with Crippen LogP contribution in [0.5, 0.6) is 0 Å². The Hall–Kier alpha value is 0.163. The fourth-order valence-corrected chi connectivity index (χ4v) is 0.642. The predicted octanol–water partition coefficient (Wildman–Crippen LogP) is 3.65. The molecule has 0 heterocycles. The molecule has 0 spiro atoms. The molecule has 0 amide bonds. The van der Waals surface area contributed by atoms with Crippen LogP contribution in [-0.2, 0) is 26.2 Å². The average Bonchev–Trinajstić information content (AvgIpc) is 2.67. The van der Waals surface area contributed by atoms with Crippen molar-refractivity contribution < 1.29 is 26.2 Å². The van der Waals surface area contributed by atoms with Crippen molar-refractivity contribution in [2.24, 2.45) is 0 Å². The zero-order valence-corrected chi connectivity index (χ0v) is 11.2. The zero-order chi connectivity index (χ0) is 7.07. The Morgan fingerprint density at radius 3 is 0.846 bits per heavy atom. The smallest absolute Gasteiger partial charge is 0.214 e. The SMILES string of the molecule is Cl.Cl.[Zr+2].c1cc[cH-]c1.c1cc[cH-]c1. The van der Waals surface area contributed by atoms with Gasteiger partial charge < -0.3 is 0 Å². The molecular weight excluding hydrogens is 282 g/mol. The number of hydrogen-bond acceptors (Lipinski definition) is 0. The van der Waals surface area contributed by atoms with E-state index in [1.807, 2.05) is 60.7 Å². The van der Waals surface area contributed by atoms with Crippen LogP contribution in [0.3, 0.4) is 0 Å². The third-order valence-corrected chi connectivity index (χ3v) is 1.11. The minimum Gasteiger partial charge on any atom is -0.214 e. The summed E-state index contributed by atoms with van der Waals surface area (Å²) in [6.45, 7) is 0. The van der Waals surface area contributed by atoms with Gasteiger partial charge >= 0.3 is 26.2 Å². The van der Waals surface area contributed by atoms with E-state index in [0.717, 1.165) is 0 Å². The fourth-order valence-electron chi connectivity index (χ4n) is 0.642. The first-order valence-electron chi connectivity index (χ1n) is 3.33. The minimum atomic E-state index is 0. The topological polar surface area (TPSA) is 0 Å². The van der Waals surface area contributed by atoms with Crippen LogP contribution in [-0.4, -0.2) is 0 Å². The van der Waals surface area contributed by atoms with E-state index in [2.05, 4.69) is 0 Å². The molecule has 0 saturated heterocycles. The molecule has 0 aliphatic rings. The van der Waals surface area contributed by atoms with E-state index in [9.17, 15) is 0 Å². The van der Waals surface area contributed by atoms with Crippen molar-refractivity contribution in [2.75, 3.05) is 0 Å². The van der Waals surface area contributed by atoms with Crippen molar-refractivity contribution in [1.29, 1.82) is 0 Å². The second kappa shape index (κ2) is 14.7. The minimum absolute atomic E-state index is 0. The van der Waals surface area contributed by atoms with Crippen molar-refractivity contribution in [3.8, 4) is 0 Å². The molecule has 0 unspecified atom stereocenters. The first-order chi connectivity index (χ1) is 5.00. The van der Waals surface area contributed by atoms with E-state index in [1.165, 1.54) is 0 Å². The summed E-state index contributed by atoms with van der Waals surface area (Å²) >= 11 is 0. The molecule has 0 saturated carbocycles. The molecule has 2 rings (SSSR count). The second-order valence-corrected chi connectivity index (χ2v) is 1.92. The quantitative estimate of drug-likeness (QED) is 0.651. The summed E-state index contributed by atoms with van der Waals surface area (Å²) in [4.78, 5) is 0. The standard InChI is InChI=1S/2C5H5.2ClH.Zr/c2*1-2-4-5-3-1;;;/h2*1-5H;2*1H;/q2*-1;;;+2. The molecule has 0 aliphatic heterocycles. The van der Waals surface area contributed by atoms with Gasteiger partial charge in [-0.25, -0.2) is 24.3 Å². The Morgan fingerprint density at radius 1 is 0.538 bits per heavy atom. The van der Waals surface area contributed by atoms with Crippen molar-refractivity contribution in [3.05, 3.63) is 60.7 Å². The summed E-state index contributed by atoms with van der Waals surface area (Å²) in [5.74, 6) is 0. The van der Waals surface area contributed by atoms with Gasteiger partial charge in [0.2, 0.25) is 0 Å². The third kappa shape index (κ3) is 12.2. The summed E-state index contributed by atoms with van der Waals surface area (Å²) in [5.41, 5.74) is 0. The predicted molar refractivity (Wildman–Crippen MR) is 58.6 cm³/mol. The third-order valence-electron chi connectivity index (χ3n) is 1.11. The van der Waals surface area contributed by atoms with Gasteiger partial charge in [-0.3, -0.25) is 0 Å². The number of rotatable bonds is 0. The Bertz CT molecular complexity index is 152. The van der Waals surface area contributed by atoms with E-state index in [4.69, 9.17) is 0 Å². The Balaban J connectivity index is -0.000000125. The molecule has 0 N–H and O–H groups in total. The van der Waals surface area contributed by atoms with Gasteiger partial charge in [0, 0.05) is 0 Å². The molecule has 2 aromatic rings. The van der Waals surface area contributed by atoms with Crippen molar-refractivity contribution in [2.45, 2.75) is 0 Å². The molecule has 13 heavy (non-hydrogen) atoms.